The van der Waals surface area contributed by atoms with E-state index in [9.17, 15) is 20.0 Å². The van der Waals surface area contributed by atoms with Gasteiger partial charge in [-0.2, -0.15) is 0 Å². The van der Waals surface area contributed by atoms with Crippen molar-refractivity contribution in [3.05, 3.63) is 57.6 Å². The molecule has 0 atom stereocenters. The summed E-state index contributed by atoms with van der Waals surface area (Å²) >= 11 is 0. The van der Waals surface area contributed by atoms with Crippen LogP contribution in [0.3, 0.4) is 0 Å². The third-order valence-electron chi connectivity index (χ3n) is 7.27. The monoisotopic (exact) mass is 377 g/mol. The van der Waals surface area contributed by atoms with Crippen LogP contribution in [-0.4, -0.2) is 16.3 Å². The summed E-state index contributed by atoms with van der Waals surface area (Å²) in [5, 5.41) is 22.3. The van der Waals surface area contributed by atoms with E-state index in [1.807, 2.05) is 6.07 Å². The summed E-state index contributed by atoms with van der Waals surface area (Å²) < 4.78 is 0. The molecule has 0 unspecified atom stereocenters. The van der Waals surface area contributed by atoms with Crippen molar-refractivity contribution in [2.75, 3.05) is 0 Å². The molecule has 4 saturated carbocycles. The molecule has 4 aliphatic rings. The van der Waals surface area contributed by atoms with Crippen LogP contribution in [0.4, 0.5) is 5.69 Å². The van der Waals surface area contributed by atoms with Gasteiger partial charge in [0.25, 0.3) is 0 Å². The van der Waals surface area contributed by atoms with E-state index in [2.05, 4.69) is 0 Å². The Morgan fingerprint density at radius 3 is 2.25 bits per heavy atom. The highest BCUT2D eigenvalue weighted by atomic mass is 16.6. The van der Waals surface area contributed by atoms with Gasteiger partial charge in [0, 0.05) is 17.2 Å². The van der Waals surface area contributed by atoms with Crippen molar-refractivity contribution in [2.45, 2.75) is 43.9 Å². The van der Waals surface area contributed by atoms with E-state index in [1.54, 1.807) is 30.3 Å². The number of carbonyl (C=O) groups is 1. The number of rotatable bonds is 4. The second-order valence-electron chi connectivity index (χ2n) is 9.09. The average Bonchev–Trinajstić information content (AvgIpc) is 2.66. The summed E-state index contributed by atoms with van der Waals surface area (Å²) in [6.07, 6.45) is 7.92. The highest BCUT2D eigenvalue weighted by Gasteiger charge is 2.52. The molecule has 0 amide bonds. The van der Waals surface area contributed by atoms with E-state index in [4.69, 9.17) is 0 Å². The third kappa shape index (κ3) is 2.64. The number of hydrogen-bond donors (Lipinski definition) is 1. The summed E-state index contributed by atoms with van der Waals surface area (Å²) in [6.45, 7) is 0. The van der Waals surface area contributed by atoms with Crippen LogP contribution in [0.5, 0.6) is 5.75 Å². The van der Waals surface area contributed by atoms with Crippen LogP contribution in [0.25, 0.3) is 11.1 Å². The van der Waals surface area contributed by atoms with E-state index < -0.39 is 4.92 Å². The first-order valence-electron chi connectivity index (χ1n) is 10.0. The summed E-state index contributed by atoms with van der Waals surface area (Å²) in [5.41, 5.74) is 2.31. The fraction of sp³-hybridized carbons (Fsp3) is 0.435. The van der Waals surface area contributed by atoms with E-state index >= 15 is 0 Å². The van der Waals surface area contributed by atoms with Crippen LogP contribution in [0.15, 0.2) is 36.4 Å². The molecule has 5 heteroatoms. The first kappa shape index (κ1) is 17.4. The molecule has 0 saturated heterocycles. The zero-order valence-corrected chi connectivity index (χ0v) is 15.6. The van der Waals surface area contributed by atoms with Gasteiger partial charge in [-0.3, -0.25) is 14.9 Å². The van der Waals surface area contributed by atoms with Gasteiger partial charge < -0.3 is 5.11 Å². The Morgan fingerprint density at radius 2 is 1.68 bits per heavy atom. The molecule has 0 heterocycles. The van der Waals surface area contributed by atoms with Gasteiger partial charge in [0.2, 0.25) is 5.75 Å². The molecule has 0 aliphatic heterocycles. The van der Waals surface area contributed by atoms with Crippen molar-refractivity contribution in [1.82, 2.24) is 0 Å². The van der Waals surface area contributed by atoms with Gasteiger partial charge in [0.1, 0.15) is 6.29 Å². The lowest BCUT2D eigenvalue weighted by Crippen LogP contribution is -2.48. The number of nitrogens with zero attached hydrogens (tertiary/aromatic N) is 1. The lowest BCUT2D eigenvalue weighted by atomic mass is 9.48. The largest absolute Gasteiger partial charge is 0.502 e. The zero-order valence-electron chi connectivity index (χ0n) is 15.6. The molecule has 0 radical (unpaired) electrons. The minimum atomic E-state index is -0.494. The van der Waals surface area contributed by atoms with Gasteiger partial charge in [-0.05, 0) is 85.0 Å². The van der Waals surface area contributed by atoms with Crippen molar-refractivity contribution in [3.8, 4) is 16.9 Å². The maximum absolute atomic E-state index is 11.7. The van der Waals surface area contributed by atoms with Gasteiger partial charge in [0.05, 0.1) is 4.92 Å². The topological polar surface area (TPSA) is 80.4 Å². The minimum absolute atomic E-state index is 0.00969. The van der Waals surface area contributed by atoms with E-state index in [-0.39, 0.29) is 16.9 Å². The quantitative estimate of drug-likeness (QED) is 0.448. The van der Waals surface area contributed by atoms with Crippen molar-refractivity contribution >= 4 is 12.0 Å². The van der Waals surface area contributed by atoms with Crippen molar-refractivity contribution in [2.24, 2.45) is 17.8 Å². The summed E-state index contributed by atoms with van der Waals surface area (Å²) in [5.74, 6) is 1.85. The number of nitro groups is 1. The molecule has 0 aromatic heterocycles. The highest BCUT2D eigenvalue weighted by molar-refractivity contribution is 5.82. The molecule has 6 rings (SSSR count). The Morgan fingerprint density at radius 1 is 1.04 bits per heavy atom. The molecule has 2 aromatic rings. The zero-order chi connectivity index (χ0) is 19.5. The first-order valence-corrected chi connectivity index (χ1v) is 10.0. The van der Waals surface area contributed by atoms with Crippen LogP contribution in [-0.2, 0) is 5.41 Å². The second kappa shape index (κ2) is 6.16. The number of aldehydes is 1. The Hall–Kier alpha value is -2.69. The molecular formula is C23H23NO4. The van der Waals surface area contributed by atoms with Gasteiger partial charge in [0.15, 0.2) is 0 Å². The Labute approximate surface area is 163 Å². The van der Waals surface area contributed by atoms with Crippen molar-refractivity contribution in [3.63, 3.8) is 0 Å². The summed E-state index contributed by atoms with van der Waals surface area (Å²) in [7, 11) is 0. The fourth-order valence-corrected chi connectivity index (χ4v) is 6.53. The molecule has 2 aromatic carbocycles. The van der Waals surface area contributed by atoms with Crippen molar-refractivity contribution in [1.29, 1.82) is 0 Å². The lowest BCUT2D eigenvalue weighted by molar-refractivity contribution is -0.385. The third-order valence-corrected chi connectivity index (χ3v) is 7.27. The van der Waals surface area contributed by atoms with Gasteiger partial charge >= 0.3 is 5.69 Å². The SMILES string of the molecule is O=Cc1cccc(-c2cc(C34CC5CC(CC(C5)C3)C4)cc([N+](=O)[O-])c2O)c1. The normalized spacial score (nSPS) is 30.4. The van der Waals surface area contributed by atoms with Crippen molar-refractivity contribution < 1.29 is 14.8 Å². The number of benzene rings is 2. The standard InChI is InChI=1S/C23H23NO4/c25-13-14-2-1-3-18(7-14)20-8-19(9-21(22(20)26)24(27)28)23-10-15-4-16(11-23)6-17(5-15)12-23/h1-3,7-9,13,15-17,26H,4-6,10-12H2. The first-order chi connectivity index (χ1) is 13.5. The summed E-state index contributed by atoms with van der Waals surface area (Å²) in [6, 6.07) is 10.4. The number of phenols is 1. The Balaban J connectivity index is 1.68. The second-order valence-corrected chi connectivity index (χ2v) is 9.09. The van der Waals surface area contributed by atoms with Crippen LogP contribution in [0, 0.1) is 27.9 Å². The molecule has 4 aliphatic carbocycles. The molecule has 0 spiro atoms. The molecule has 1 N–H and O–H groups in total. The van der Waals surface area contributed by atoms with Gasteiger partial charge in [-0.15, -0.1) is 0 Å². The summed E-state index contributed by atoms with van der Waals surface area (Å²) in [4.78, 5) is 22.4. The van der Waals surface area contributed by atoms with Crippen LogP contribution in [0.2, 0.25) is 0 Å². The molecule has 4 bridgehead atoms. The lowest BCUT2D eigenvalue weighted by Gasteiger charge is -2.57. The van der Waals surface area contributed by atoms with E-state index in [0.717, 1.165) is 48.9 Å². The van der Waals surface area contributed by atoms with Gasteiger partial charge in [-0.25, -0.2) is 0 Å². The number of carbonyl (C=O) groups excluding carboxylic acids is 1. The molecule has 4 fully saturated rings. The molecule has 5 nitrogen and oxygen atoms in total. The Kier molecular flexibility index (Phi) is 3.83. The van der Waals surface area contributed by atoms with E-state index in [1.165, 1.54) is 19.3 Å². The maximum atomic E-state index is 11.7. The number of phenolic OH excluding ortho intramolecular Hbond substituents is 1. The number of aromatic hydroxyl groups is 1. The molecule has 28 heavy (non-hydrogen) atoms. The van der Waals surface area contributed by atoms with Crippen LogP contribution in [0.1, 0.15) is 54.4 Å². The Bertz CT molecular complexity index is 945. The minimum Gasteiger partial charge on any atom is -0.502 e. The van der Waals surface area contributed by atoms with Gasteiger partial charge in [-0.1, -0.05) is 18.2 Å². The smallest absolute Gasteiger partial charge is 0.311 e. The predicted molar refractivity (Wildman–Crippen MR) is 105 cm³/mol. The fourth-order valence-electron chi connectivity index (χ4n) is 6.53. The molecular weight excluding hydrogens is 354 g/mol. The van der Waals surface area contributed by atoms with E-state index in [0.29, 0.717) is 16.7 Å². The molecule has 144 valence electrons. The maximum Gasteiger partial charge on any atom is 0.311 e. The number of hydrogen-bond acceptors (Lipinski definition) is 4. The average molecular weight is 377 g/mol. The van der Waals surface area contributed by atoms with Crippen LogP contribution >= 0.6 is 0 Å². The van der Waals surface area contributed by atoms with Crippen LogP contribution < -0.4 is 0 Å². The number of nitro benzene ring substituents is 1. The highest BCUT2D eigenvalue weighted by Crippen LogP contribution is 2.61. The predicted octanol–water partition coefficient (Wildman–Crippen LogP) is 5.25.